The Morgan fingerprint density at radius 1 is 1.36 bits per heavy atom. The molecular weight excluding hydrogens is 356 g/mol. The zero-order valence-corrected chi connectivity index (χ0v) is 15.2. The van der Waals surface area contributed by atoms with Gasteiger partial charge in [-0.15, -0.1) is 11.3 Å². The van der Waals surface area contributed by atoms with Crippen molar-refractivity contribution in [1.82, 2.24) is 14.5 Å². The van der Waals surface area contributed by atoms with E-state index in [0.29, 0.717) is 21.2 Å². The predicted molar refractivity (Wildman–Crippen MR) is 100 cm³/mol. The van der Waals surface area contributed by atoms with Crippen LogP contribution in [0.2, 0.25) is 0 Å². The minimum absolute atomic E-state index is 0.0217. The van der Waals surface area contributed by atoms with Gasteiger partial charge >= 0.3 is 0 Å². The normalized spacial score (nSPS) is 14.0. The highest BCUT2D eigenvalue weighted by Crippen LogP contribution is 2.36. The zero-order valence-electron chi connectivity index (χ0n) is 13.6. The molecule has 25 heavy (non-hydrogen) atoms. The number of rotatable bonds is 5. The molecule has 1 fully saturated rings. The van der Waals surface area contributed by atoms with Gasteiger partial charge in [-0.05, 0) is 31.9 Å². The molecular formula is C17H16N4O2S2. The van der Waals surface area contributed by atoms with E-state index in [1.54, 1.807) is 10.6 Å². The highest BCUT2D eigenvalue weighted by molar-refractivity contribution is 7.99. The first-order valence-electron chi connectivity index (χ1n) is 7.98. The maximum Gasteiger partial charge on any atom is 0.262 e. The first-order valence-corrected chi connectivity index (χ1v) is 9.84. The van der Waals surface area contributed by atoms with Gasteiger partial charge in [0.1, 0.15) is 0 Å². The Bertz CT molecular complexity index is 1010. The summed E-state index contributed by atoms with van der Waals surface area (Å²) >= 11 is 2.69. The first-order chi connectivity index (χ1) is 12.1. The largest absolute Gasteiger partial charge is 0.301 e. The van der Waals surface area contributed by atoms with Crippen molar-refractivity contribution in [3.8, 4) is 0 Å². The van der Waals surface area contributed by atoms with E-state index in [1.807, 2.05) is 30.5 Å². The van der Waals surface area contributed by atoms with Crippen molar-refractivity contribution in [2.24, 2.45) is 0 Å². The average molecular weight is 372 g/mol. The summed E-state index contributed by atoms with van der Waals surface area (Å²) in [4.78, 5) is 33.8. The molecule has 1 N–H and O–H groups in total. The van der Waals surface area contributed by atoms with Crippen LogP contribution in [0.5, 0.6) is 0 Å². The van der Waals surface area contributed by atoms with E-state index in [1.165, 1.54) is 23.1 Å². The minimum atomic E-state index is -0.149. The molecule has 8 heteroatoms. The van der Waals surface area contributed by atoms with Gasteiger partial charge in [0.25, 0.3) is 5.56 Å². The van der Waals surface area contributed by atoms with Crippen LogP contribution in [-0.2, 0) is 4.79 Å². The van der Waals surface area contributed by atoms with E-state index >= 15 is 0 Å². The molecule has 4 rings (SSSR count). The van der Waals surface area contributed by atoms with Gasteiger partial charge in [-0.3, -0.25) is 14.2 Å². The second-order valence-electron chi connectivity index (χ2n) is 5.95. The molecule has 128 valence electrons. The second-order valence-corrected chi connectivity index (χ2v) is 7.75. The number of aryl methyl sites for hydroxylation is 1. The lowest BCUT2D eigenvalue weighted by Crippen LogP contribution is -2.23. The third-order valence-corrected chi connectivity index (χ3v) is 5.71. The van der Waals surface area contributed by atoms with Crippen molar-refractivity contribution in [2.75, 3.05) is 11.1 Å². The van der Waals surface area contributed by atoms with Gasteiger partial charge in [-0.2, -0.15) is 0 Å². The highest BCUT2D eigenvalue weighted by atomic mass is 32.2. The van der Waals surface area contributed by atoms with Gasteiger partial charge in [0, 0.05) is 11.4 Å². The number of hydrogen-bond acceptors (Lipinski definition) is 6. The maximum absolute atomic E-state index is 12.8. The van der Waals surface area contributed by atoms with Crippen LogP contribution in [0.4, 0.5) is 5.13 Å². The van der Waals surface area contributed by atoms with E-state index < -0.39 is 0 Å². The summed E-state index contributed by atoms with van der Waals surface area (Å²) in [5.41, 5.74) is 1.53. The zero-order chi connectivity index (χ0) is 17.4. The van der Waals surface area contributed by atoms with Crippen LogP contribution in [0.1, 0.15) is 24.6 Å². The van der Waals surface area contributed by atoms with Crippen molar-refractivity contribution in [1.29, 1.82) is 0 Å². The van der Waals surface area contributed by atoms with Crippen LogP contribution in [0.25, 0.3) is 10.9 Å². The second kappa shape index (κ2) is 6.61. The average Bonchev–Trinajstić information content (AvgIpc) is 3.35. The van der Waals surface area contributed by atoms with E-state index in [-0.39, 0.29) is 23.3 Å². The summed E-state index contributed by atoms with van der Waals surface area (Å²) in [5.74, 6) is 0.0416. The summed E-state index contributed by atoms with van der Waals surface area (Å²) in [6.07, 6.45) is 1.97. The molecule has 1 aliphatic carbocycles. The van der Waals surface area contributed by atoms with Gasteiger partial charge in [-0.25, -0.2) is 9.97 Å². The monoisotopic (exact) mass is 372 g/mol. The summed E-state index contributed by atoms with van der Waals surface area (Å²) in [7, 11) is 0. The third kappa shape index (κ3) is 3.45. The molecule has 1 amide bonds. The Kier molecular flexibility index (Phi) is 4.30. The highest BCUT2D eigenvalue weighted by Gasteiger charge is 2.28. The molecule has 1 aliphatic rings. The molecule has 3 aromatic rings. The first kappa shape index (κ1) is 16.3. The number of benzene rings is 1. The van der Waals surface area contributed by atoms with Gasteiger partial charge in [0.2, 0.25) is 5.91 Å². The number of carbonyl (C=O) groups is 1. The van der Waals surface area contributed by atoms with Crippen molar-refractivity contribution in [3.63, 3.8) is 0 Å². The number of hydrogen-bond donors (Lipinski definition) is 1. The number of thiazole rings is 1. The van der Waals surface area contributed by atoms with Gasteiger partial charge < -0.3 is 5.32 Å². The number of para-hydroxylation sites is 1. The van der Waals surface area contributed by atoms with Crippen molar-refractivity contribution < 1.29 is 4.79 Å². The number of thioether (sulfide) groups is 1. The Balaban J connectivity index is 1.57. The standard InChI is InChI=1S/C17H16N4O2S2/c1-10-8-24-16(18-10)20-14(22)9-25-17-19-13-5-3-2-4-12(13)15(23)21(17)11-6-7-11/h2-5,8,11H,6-7,9H2,1H3,(H,18,20,22). The Labute approximate surface area is 152 Å². The predicted octanol–water partition coefficient (Wildman–Crippen LogP) is 3.23. The summed E-state index contributed by atoms with van der Waals surface area (Å²) in [6, 6.07) is 7.55. The van der Waals surface area contributed by atoms with Crippen molar-refractivity contribution >= 4 is 45.0 Å². The number of nitrogens with zero attached hydrogens (tertiary/aromatic N) is 3. The summed E-state index contributed by atoms with van der Waals surface area (Å²) in [6.45, 7) is 1.88. The van der Waals surface area contributed by atoms with Crippen LogP contribution in [-0.4, -0.2) is 26.2 Å². The lowest BCUT2D eigenvalue weighted by molar-refractivity contribution is -0.113. The molecule has 6 nitrogen and oxygen atoms in total. The van der Waals surface area contributed by atoms with Crippen LogP contribution in [0.3, 0.4) is 0 Å². The molecule has 0 bridgehead atoms. The third-order valence-electron chi connectivity index (χ3n) is 3.89. The molecule has 1 saturated carbocycles. The van der Waals surface area contributed by atoms with Crippen LogP contribution in [0, 0.1) is 6.92 Å². The quantitative estimate of drug-likeness (QED) is 0.550. The molecule has 0 aliphatic heterocycles. The van der Waals surface area contributed by atoms with E-state index in [9.17, 15) is 9.59 Å². The van der Waals surface area contributed by atoms with Crippen LogP contribution >= 0.6 is 23.1 Å². The van der Waals surface area contributed by atoms with Crippen molar-refractivity contribution in [3.05, 3.63) is 45.7 Å². The fourth-order valence-corrected chi connectivity index (χ4v) is 4.15. The number of amides is 1. The molecule has 0 unspecified atom stereocenters. The topological polar surface area (TPSA) is 76.9 Å². The lowest BCUT2D eigenvalue weighted by Gasteiger charge is -2.12. The number of aromatic nitrogens is 3. The van der Waals surface area contributed by atoms with Gasteiger partial charge in [-0.1, -0.05) is 23.9 Å². The maximum atomic E-state index is 12.8. The summed E-state index contributed by atoms with van der Waals surface area (Å²) < 4.78 is 1.74. The van der Waals surface area contributed by atoms with Crippen LogP contribution < -0.4 is 10.9 Å². The minimum Gasteiger partial charge on any atom is -0.301 e. The Hall–Kier alpha value is -2.19. The van der Waals surface area contributed by atoms with Gasteiger partial charge in [0.05, 0.1) is 22.3 Å². The summed E-state index contributed by atoms with van der Waals surface area (Å²) in [5, 5.41) is 6.50. The number of anilines is 1. The number of fused-ring (bicyclic) bond motifs is 1. The molecule has 1 aromatic carbocycles. The number of carbonyl (C=O) groups excluding carboxylic acids is 1. The molecule has 2 aromatic heterocycles. The van der Waals surface area contributed by atoms with E-state index in [4.69, 9.17) is 0 Å². The Morgan fingerprint density at radius 3 is 2.88 bits per heavy atom. The molecule has 0 radical (unpaired) electrons. The van der Waals surface area contributed by atoms with Crippen molar-refractivity contribution in [2.45, 2.75) is 31.0 Å². The fourth-order valence-electron chi connectivity index (χ4n) is 2.58. The molecule has 2 heterocycles. The van der Waals surface area contributed by atoms with Crippen LogP contribution in [0.15, 0.2) is 39.6 Å². The number of nitrogens with one attached hydrogen (secondary N) is 1. The van der Waals surface area contributed by atoms with E-state index in [2.05, 4.69) is 15.3 Å². The van der Waals surface area contributed by atoms with Gasteiger partial charge in [0.15, 0.2) is 10.3 Å². The molecule has 0 spiro atoms. The fraction of sp³-hybridized carbons (Fsp3) is 0.294. The SMILES string of the molecule is Cc1csc(NC(=O)CSc2nc3ccccc3c(=O)n2C2CC2)n1. The molecule has 0 atom stereocenters. The lowest BCUT2D eigenvalue weighted by atomic mass is 10.2. The molecule has 0 saturated heterocycles. The Morgan fingerprint density at radius 2 is 2.16 bits per heavy atom. The van der Waals surface area contributed by atoms with E-state index in [0.717, 1.165) is 18.5 Å². The smallest absolute Gasteiger partial charge is 0.262 e.